The maximum absolute atomic E-state index is 12.8. The highest BCUT2D eigenvalue weighted by Gasteiger charge is 2.31. The highest BCUT2D eigenvalue weighted by molar-refractivity contribution is 6.01. The van der Waals surface area contributed by atoms with Gasteiger partial charge in [-0.05, 0) is 36.1 Å². The highest BCUT2D eigenvalue weighted by Crippen LogP contribution is 2.29. The summed E-state index contributed by atoms with van der Waals surface area (Å²) in [5.41, 5.74) is 0.143. The van der Waals surface area contributed by atoms with Crippen molar-refractivity contribution < 1.29 is 27.5 Å². The van der Waals surface area contributed by atoms with Gasteiger partial charge in [0, 0.05) is 5.56 Å². The van der Waals surface area contributed by atoms with Crippen LogP contribution in [0.25, 0.3) is 0 Å². The average molecular weight is 378 g/mol. The fourth-order valence-electron chi connectivity index (χ4n) is 2.47. The molecule has 0 radical (unpaired) electrons. The Bertz CT molecular complexity index is 831. The van der Waals surface area contributed by atoms with Crippen LogP contribution >= 0.6 is 0 Å². The van der Waals surface area contributed by atoms with Gasteiger partial charge in [-0.2, -0.15) is 13.2 Å². The van der Waals surface area contributed by atoms with Crippen molar-refractivity contribution in [1.82, 2.24) is 0 Å². The third kappa shape index (κ3) is 5.18. The molecule has 0 saturated carbocycles. The summed E-state index contributed by atoms with van der Waals surface area (Å²) in [6, 6.07) is 10.9. The number of carbonyl (C=O) groups excluding carboxylic acids is 2. The lowest BCUT2D eigenvalue weighted by Crippen LogP contribution is -2.25. The van der Waals surface area contributed by atoms with Gasteiger partial charge in [-0.15, -0.1) is 0 Å². The zero-order valence-electron chi connectivity index (χ0n) is 15.6. The molecule has 0 heterocycles. The molecule has 3 nitrogen and oxygen atoms in total. The molecule has 1 atom stereocenters. The number of benzene rings is 2. The van der Waals surface area contributed by atoms with Gasteiger partial charge in [0.25, 0.3) is 0 Å². The van der Waals surface area contributed by atoms with Crippen LogP contribution in [0.3, 0.4) is 0 Å². The quantitative estimate of drug-likeness (QED) is 0.526. The smallest absolute Gasteiger partial charge is 0.416 e. The molecule has 144 valence electrons. The Morgan fingerprint density at radius 1 is 0.889 bits per heavy atom. The van der Waals surface area contributed by atoms with Crippen LogP contribution < -0.4 is 0 Å². The predicted octanol–water partition coefficient (Wildman–Crippen LogP) is 5.43. The molecular weight excluding hydrogens is 357 g/mol. The van der Waals surface area contributed by atoms with Crippen molar-refractivity contribution in [1.29, 1.82) is 0 Å². The van der Waals surface area contributed by atoms with Crippen LogP contribution in [0.1, 0.15) is 59.5 Å². The van der Waals surface area contributed by atoms with E-state index in [2.05, 4.69) is 0 Å². The second-order valence-electron chi connectivity index (χ2n) is 7.32. The van der Waals surface area contributed by atoms with Crippen molar-refractivity contribution in [3.8, 4) is 0 Å². The van der Waals surface area contributed by atoms with Gasteiger partial charge >= 0.3 is 12.1 Å². The second kappa shape index (κ2) is 7.55. The molecule has 0 aliphatic carbocycles. The lowest BCUT2D eigenvalue weighted by Gasteiger charge is -2.19. The lowest BCUT2D eigenvalue weighted by molar-refractivity contribution is -0.137. The van der Waals surface area contributed by atoms with Crippen LogP contribution in [0.2, 0.25) is 0 Å². The standard InChI is InChI=1S/C21H21F3O3/c1-13(18(25)14-8-10-16(11-9-14)20(2,3)4)27-19(26)15-6-5-7-17(12-15)21(22,23)24/h5-13H,1-4H3/t13-/m0/s1. The summed E-state index contributed by atoms with van der Waals surface area (Å²) in [6.45, 7) is 7.53. The fourth-order valence-corrected chi connectivity index (χ4v) is 2.47. The van der Waals surface area contributed by atoms with Crippen molar-refractivity contribution in [2.75, 3.05) is 0 Å². The molecule has 2 aromatic carbocycles. The number of Topliss-reactive ketones (excluding diaryl/α,β-unsaturated/α-hetero) is 1. The number of ether oxygens (including phenoxy) is 1. The summed E-state index contributed by atoms with van der Waals surface area (Å²) in [7, 11) is 0. The maximum Gasteiger partial charge on any atom is 0.416 e. The van der Waals surface area contributed by atoms with Crippen molar-refractivity contribution in [3.63, 3.8) is 0 Å². The van der Waals surface area contributed by atoms with E-state index in [4.69, 9.17) is 4.74 Å². The van der Waals surface area contributed by atoms with Crippen molar-refractivity contribution >= 4 is 11.8 Å². The number of halogens is 3. The molecule has 6 heteroatoms. The van der Waals surface area contributed by atoms with Crippen LogP contribution in [-0.2, 0) is 16.3 Å². The van der Waals surface area contributed by atoms with E-state index in [0.717, 1.165) is 17.7 Å². The van der Waals surface area contributed by atoms with Crippen molar-refractivity contribution in [3.05, 3.63) is 70.8 Å². The maximum atomic E-state index is 12.8. The molecule has 0 saturated heterocycles. The Kier molecular flexibility index (Phi) is 5.78. The minimum Gasteiger partial charge on any atom is -0.451 e. The molecule has 27 heavy (non-hydrogen) atoms. The highest BCUT2D eigenvalue weighted by atomic mass is 19.4. The topological polar surface area (TPSA) is 43.4 Å². The fraction of sp³-hybridized carbons (Fsp3) is 0.333. The zero-order chi connectivity index (χ0) is 20.4. The van der Waals surface area contributed by atoms with Crippen molar-refractivity contribution in [2.24, 2.45) is 0 Å². The van der Waals surface area contributed by atoms with Crippen LogP contribution in [0.15, 0.2) is 48.5 Å². The largest absolute Gasteiger partial charge is 0.451 e. The summed E-state index contributed by atoms with van der Waals surface area (Å²) in [4.78, 5) is 24.6. The number of hydrogen-bond donors (Lipinski definition) is 0. The normalized spacial score (nSPS) is 13.1. The Morgan fingerprint density at radius 3 is 2.00 bits per heavy atom. The summed E-state index contributed by atoms with van der Waals surface area (Å²) in [5.74, 6) is -1.40. The molecular formula is C21H21F3O3. The first-order valence-corrected chi connectivity index (χ1v) is 8.42. The third-order valence-corrected chi connectivity index (χ3v) is 4.11. The first kappa shape index (κ1) is 20.7. The Hall–Kier alpha value is -2.63. The Balaban J connectivity index is 2.11. The number of ketones is 1. The molecule has 0 aromatic heterocycles. The SMILES string of the molecule is C[C@H](OC(=O)c1cccc(C(F)(F)F)c1)C(=O)c1ccc(C(C)(C)C)cc1. The molecule has 0 aliphatic rings. The van der Waals surface area contributed by atoms with E-state index >= 15 is 0 Å². The van der Waals surface area contributed by atoms with Gasteiger partial charge in [-0.1, -0.05) is 51.1 Å². The van der Waals surface area contributed by atoms with Crippen LogP contribution in [0.4, 0.5) is 13.2 Å². The summed E-state index contributed by atoms with van der Waals surface area (Å²) >= 11 is 0. The van der Waals surface area contributed by atoms with Gasteiger partial charge < -0.3 is 4.74 Å². The minimum absolute atomic E-state index is 0.0663. The first-order chi connectivity index (χ1) is 12.4. The molecule has 0 unspecified atom stereocenters. The molecule has 0 amide bonds. The molecule has 0 N–H and O–H groups in total. The number of alkyl halides is 3. The van der Waals surface area contributed by atoms with Gasteiger partial charge in [-0.25, -0.2) is 4.79 Å². The number of carbonyl (C=O) groups is 2. The van der Waals surface area contributed by atoms with E-state index < -0.39 is 29.6 Å². The average Bonchev–Trinajstić information content (AvgIpc) is 2.59. The number of rotatable bonds is 4. The lowest BCUT2D eigenvalue weighted by atomic mass is 9.86. The zero-order valence-corrected chi connectivity index (χ0v) is 15.6. The predicted molar refractivity (Wildman–Crippen MR) is 95.8 cm³/mol. The van der Waals surface area contributed by atoms with Gasteiger partial charge in [0.05, 0.1) is 11.1 Å². The molecule has 0 spiro atoms. The second-order valence-corrected chi connectivity index (χ2v) is 7.32. The summed E-state index contributed by atoms with van der Waals surface area (Å²) < 4.78 is 43.3. The van der Waals surface area contributed by atoms with E-state index in [0.29, 0.717) is 11.6 Å². The Morgan fingerprint density at radius 2 is 1.48 bits per heavy atom. The molecule has 0 bridgehead atoms. The van der Waals surface area contributed by atoms with E-state index in [9.17, 15) is 22.8 Å². The molecule has 0 fully saturated rings. The first-order valence-electron chi connectivity index (χ1n) is 8.42. The number of hydrogen-bond acceptors (Lipinski definition) is 3. The van der Waals surface area contributed by atoms with E-state index in [1.54, 1.807) is 12.1 Å². The van der Waals surface area contributed by atoms with Crippen LogP contribution in [-0.4, -0.2) is 17.9 Å². The van der Waals surface area contributed by atoms with Crippen LogP contribution in [0, 0.1) is 0 Å². The van der Waals surface area contributed by atoms with E-state index in [1.165, 1.54) is 13.0 Å². The van der Waals surface area contributed by atoms with Gasteiger partial charge in [0.2, 0.25) is 5.78 Å². The van der Waals surface area contributed by atoms with E-state index in [-0.39, 0.29) is 11.0 Å². The third-order valence-electron chi connectivity index (χ3n) is 4.11. The van der Waals surface area contributed by atoms with Gasteiger partial charge in [-0.3, -0.25) is 4.79 Å². The van der Waals surface area contributed by atoms with E-state index in [1.807, 2.05) is 32.9 Å². The Labute approximate surface area is 156 Å². The number of esters is 1. The molecule has 2 rings (SSSR count). The molecule has 0 aliphatic heterocycles. The van der Waals surface area contributed by atoms with Gasteiger partial charge in [0.15, 0.2) is 6.10 Å². The summed E-state index contributed by atoms with van der Waals surface area (Å²) in [5, 5.41) is 0. The van der Waals surface area contributed by atoms with Crippen LogP contribution in [0.5, 0.6) is 0 Å². The van der Waals surface area contributed by atoms with Crippen molar-refractivity contribution in [2.45, 2.75) is 45.4 Å². The van der Waals surface area contributed by atoms with Gasteiger partial charge in [0.1, 0.15) is 0 Å². The molecule has 2 aromatic rings. The summed E-state index contributed by atoms with van der Waals surface area (Å²) in [6.07, 6.45) is -5.68. The minimum atomic E-state index is -4.56. The monoisotopic (exact) mass is 378 g/mol.